The molecule has 4 nitrogen and oxygen atoms in total. The average molecular weight is 468 g/mol. The highest BCUT2D eigenvalue weighted by Crippen LogP contribution is 2.33. The first-order chi connectivity index (χ1) is 15.4. The quantitative estimate of drug-likeness (QED) is 0.293. The predicted octanol–water partition coefficient (Wildman–Crippen LogP) is 6.51. The van der Waals surface area contributed by atoms with Crippen molar-refractivity contribution in [2.75, 3.05) is 7.11 Å². The normalized spacial score (nSPS) is 12.9. The molecule has 0 fully saturated rings. The van der Waals surface area contributed by atoms with E-state index in [-0.39, 0.29) is 5.91 Å². The predicted molar refractivity (Wildman–Crippen MR) is 128 cm³/mol. The molecule has 2 atom stereocenters. The van der Waals surface area contributed by atoms with Crippen molar-refractivity contribution in [3.8, 4) is 0 Å². The van der Waals surface area contributed by atoms with Gasteiger partial charge >= 0.3 is 5.97 Å². The molecule has 1 unspecified atom stereocenters. The fourth-order valence-corrected chi connectivity index (χ4v) is 3.68. The van der Waals surface area contributed by atoms with Crippen LogP contribution in [-0.4, -0.2) is 23.9 Å². The van der Waals surface area contributed by atoms with Gasteiger partial charge in [-0.15, -0.1) is 0 Å². The van der Waals surface area contributed by atoms with Gasteiger partial charge in [0.15, 0.2) is 6.04 Å². The third-order valence-corrected chi connectivity index (χ3v) is 5.63. The third-order valence-electron chi connectivity index (χ3n) is 5.13. The van der Waals surface area contributed by atoms with Crippen LogP contribution in [0.1, 0.15) is 35.7 Å². The van der Waals surface area contributed by atoms with Gasteiger partial charge in [-0.1, -0.05) is 77.8 Å². The summed E-state index contributed by atoms with van der Waals surface area (Å²) in [6.07, 6.45) is 3.19. The maximum Gasteiger partial charge on any atom is 0.333 e. The van der Waals surface area contributed by atoms with Gasteiger partial charge < -0.3 is 9.64 Å². The molecule has 0 heterocycles. The van der Waals surface area contributed by atoms with E-state index in [9.17, 15) is 9.59 Å². The van der Waals surface area contributed by atoms with Crippen molar-refractivity contribution < 1.29 is 14.3 Å². The fourth-order valence-electron chi connectivity index (χ4n) is 3.43. The van der Waals surface area contributed by atoms with E-state index >= 15 is 0 Å². The second kappa shape index (κ2) is 11.0. The first-order valence-electron chi connectivity index (χ1n) is 10.0. The Morgan fingerprint density at radius 1 is 0.844 bits per heavy atom. The SMILES string of the molecule is COC(=O)C(c1ccc(Cl)cc1)N(C(=O)/C=C/c1ccccc1)[C@H](C)c1ccc(Cl)cc1. The molecule has 3 rings (SSSR count). The van der Waals surface area contributed by atoms with Crippen molar-refractivity contribution >= 4 is 41.2 Å². The number of amides is 1. The Bertz CT molecular complexity index is 1080. The summed E-state index contributed by atoms with van der Waals surface area (Å²) in [5, 5.41) is 1.12. The number of hydrogen-bond donors (Lipinski definition) is 0. The molecule has 32 heavy (non-hydrogen) atoms. The topological polar surface area (TPSA) is 46.6 Å². The standard InChI is InChI=1S/C26H23Cl2NO3/c1-18(20-9-13-22(27)14-10-20)29(24(30)17-8-19-6-4-3-5-7-19)25(26(31)32-2)21-11-15-23(28)16-12-21/h3-18,25H,1-2H3/b17-8+/t18-,25?/m1/s1. The van der Waals surface area contributed by atoms with Crippen molar-refractivity contribution in [2.45, 2.75) is 19.0 Å². The summed E-state index contributed by atoms with van der Waals surface area (Å²) in [7, 11) is 1.31. The van der Waals surface area contributed by atoms with E-state index in [0.717, 1.165) is 11.1 Å². The Morgan fingerprint density at radius 3 is 1.91 bits per heavy atom. The Hall–Kier alpha value is -3.08. The summed E-state index contributed by atoms with van der Waals surface area (Å²) in [5.74, 6) is -0.878. The largest absolute Gasteiger partial charge is 0.467 e. The lowest BCUT2D eigenvalue weighted by molar-refractivity contribution is -0.153. The van der Waals surface area contributed by atoms with Crippen LogP contribution in [0.4, 0.5) is 0 Å². The van der Waals surface area contributed by atoms with Gasteiger partial charge in [0.25, 0.3) is 0 Å². The molecule has 3 aromatic rings. The molecule has 0 saturated heterocycles. The number of rotatable bonds is 7. The smallest absolute Gasteiger partial charge is 0.333 e. The van der Waals surface area contributed by atoms with E-state index in [1.165, 1.54) is 18.1 Å². The zero-order valence-corrected chi connectivity index (χ0v) is 19.3. The van der Waals surface area contributed by atoms with Gasteiger partial charge in [-0.3, -0.25) is 4.79 Å². The second-order valence-corrected chi connectivity index (χ2v) is 8.07. The molecule has 3 aromatic carbocycles. The number of methoxy groups -OCH3 is 1. The lowest BCUT2D eigenvalue weighted by Gasteiger charge is -2.35. The average Bonchev–Trinajstić information content (AvgIpc) is 2.82. The molecule has 0 bridgehead atoms. The van der Waals surface area contributed by atoms with Crippen molar-refractivity contribution in [3.05, 3.63) is 112 Å². The number of carbonyl (C=O) groups is 2. The highest BCUT2D eigenvalue weighted by molar-refractivity contribution is 6.30. The first kappa shape index (κ1) is 23.6. The summed E-state index contributed by atoms with van der Waals surface area (Å²) in [6.45, 7) is 1.86. The fraction of sp³-hybridized carbons (Fsp3) is 0.154. The minimum atomic E-state index is -0.962. The van der Waals surface area contributed by atoms with Crippen molar-refractivity contribution in [1.29, 1.82) is 0 Å². The van der Waals surface area contributed by atoms with E-state index in [4.69, 9.17) is 27.9 Å². The highest BCUT2D eigenvalue weighted by Gasteiger charge is 2.35. The molecule has 0 radical (unpaired) electrons. The van der Waals surface area contributed by atoms with Crippen molar-refractivity contribution in [2.24, 2.45) is 0 Å². The molecule has 0 aliphatic carbocycles. The van der Waals surface area contributed by atoms with E-state index in [1.807, 2.05) is 49.4 Å². The van der Waals surface area contributed by atoms with Gasteiger partial charge in [0, 0.05) is 16.1 Å². The molecular weight excluding hydrogens is 445 g/mol. The minimum Gasteiger partial charge on any atom is -0.467 e. The van der Waals surface area contributed by atoms with Crippen molar-refractivity contribution in [1.82, 2.24) is 4.90 Å². The zero-order chi connectivity index (χ0) is 23.1. The van der Waals surface area contributed by atoms with E-state index < -0.39 is 18.1 Å². The molecule has 0 saturated carbocycles. The molecule has 0 spiro atoms. The van der Waals surface area contributed by atoms with E-state index in [1.54, 1.807) is 42.5 Å². The van der Waals surface area contributed by atoms with Crippen LogP contribution in [0.15, 0.2) is 84.9 Å². The van der Waals surface area contributed by atoms with Crippen LogP contribution < -0.4 is 0 Å². The van der Waals surface area contributed by atoms with Crippen LogP contribution in [0.3, 0.4) is 0 Å². The van der Waals surface area contributed by atoms with Gasteiger partial charge in [0.05, 0.1) is 13.2 Å². The Kier molecular flexibility index (Phi) is 8.09. The van der Waals surface area contributed by atoms with Crippen LogP contribution in [0.2, 0.25) is 10.0 Å². The maximum absolute atomic E-state index is 13.5. The Balaban J connectivity index is 2.06. The second-order valence-electron chi connectivity index (χ2n) is 7.19. The minimum absolute atomic E-state index is 0.332. The van der Waals surface area contributed by atoms with Gasteiger partial charge in [0.1, 0.15) is 0 Å². The number of carbonyl (C=O) groups excluding carboxylic acids is 2. The first-order valence-corrected chi connectivity index (χ1v) is 10.8. The van der Waals surface area contributed by atoms with Crippen molar-refractivity contribution in [3.63, 3.8) is 0 Å². The molecule has 0 aliphatic heterocycles. The summed E-state index contributed by atoms with van der Waals surface area (Å²) in [6, 6.07) is 22.1. The number of ether oxygens (including phenoxy) is 1. The summed E-state index contributed by atoms with van der Waals surface area (Å²) < 4.78 is 5.09. The number of hydrogen-bond acceptors (Lipinski definition) is 3. The highest BCUT2D eigenvalue weighted by atomic mass is 35.5. The van der Waals surface area contributed by atoms with Gasteiger partial charge in [-0.2, -0.15) is 0 Å². The molecule has 0 aromatic heterocycles. The molecule has 6 heteroatoms. The number of esters is 1. The third kappa shape index (κ3) is 5.78. The van der Waals surface area contributed by atoms with Gasteiger partial charge in [0.2, 0.25) is 5.91 Å². The van der Waals surface area contributed by atoms with Crippen LogP contribution in [0, 0.1) is 0 Å². The lowest BCUT2D eigenvalue weighted by Crippen LogP contribution is -2.40. The molecule has 164 valence electrons. The molecule has 0 aliphatic rings. The van der Waals surface area contributed by atoms with Crippen LogP contribution in [0.25, 0.3) is 6.08 Å². The lowest BCUT2D eigenvalue weighted by atomic mass is 9.99. The number of nitrogens with zero attached hydrogens (tertiary/aromatic N) is 1. The molecular formula is C26H23Cl2NO3. The molecule has 0 N–H and O–H groups in total. The van der Waals surface area contributed by atoms with Crippen LogP contribution >= 0.6 is 23.2 Å². The van der Waals surface area contributed by atoms with E-state index in [2.05, 4.69) is 0 Å². The van der Waals surface area contributed by atoms with Gasteiger partial charge in [-0.25, -0.2) is 4.79 Å². The zero-order valence-electron chi connectivity index (χ0n) is 17.7. The van der Waals surface area contributed by atoms with E-state index in [0.29, 0.717) is 15.6 Å². The summed E-state index contributed by atoms with van der Waals surface area (Å²) in [5.41, 5.74) is 2.31. The Morgan fingerprint density at radius 2 is 1.38 bits per heavy atom. The van der Waals surface area contributed by atoms with Gasteiger partial charge in [-0.05, 0) is 54.0 Å². The number of halogens is 2. The maximum atomic E-state index is 13.5. The number of benzene rings is 3. The van der Waals surface area contributed by atoms with Crippen LogP contribution in [-0.2, 0) is 14.3 Å². The molecule has 1 amide bonds. The Labute approximate surface area is 198 Å². The summed E-state index contributed by atoms with van der Waals surface area (Å²) in [4.78, 5) is 27.9. The van der Waals surface area contributed by atoms with Crippen LogP contribution in [0.5, 0.6) is 0 Å². The summed E-state index contributed by atoms with van der Waals surface area (Å²) >= 11 is 12.1. The monoisotopic (exact) mass is 467 g/mol.